The van der Waals surface area contributed by atoms with Crippen LogP contribution in [-0.2, 0) is 0 Å². The summed E-state index contributed by atoms with van der Waals surface area (Å²) >= 11 is 3.61. The topological polar surface area (TPSA) is 65.1 Å². The van der Waals surface area contributed by atoms with Crippen LogP contribution in [0.15, 0.2) is 27.8 Å². The molecule has 3 N–H and O–H groups in total. The second-order valence-electron chi connectivity index (χ2n) is 5.78. The molecular weight excluding hydrogens is 332 g/mol. The van der Waals surface area contributed by atoms with Crippen molar-refractivity contribution < 1.29 is 5.21 Å². The van der Waals surface area contributed by atoms with E-state index in [-0.39, 0.29) is 5.84 Å². The molecule has 1 aromatic carbocycles. The molecule has 2 aliphatic heterocycles. The van der Waals surface area contributed by atoms with Gasteiger partial charge in [0.05, 0.1) is 5.69 Å². The third-order valence-corrected chi connectivity index (χ3v) is 5.15. The normalized spacial score (nSPS) is 24.0. The fraction of sp³-hybridized carbons (Fsp3) is 0.533. The van der Waals surface area contributed by atoms with Crippen molar-refractivity contribution in [3.05, 3.63) is 28.2 Å². The van der Waals surface area contributed by atoms with Crippen LogP contribution in [0.5, 0.6) is 0 Å². The van der Waals surface area contributed by atoms with E-state index < -0.39 is 0 Å². The van der Waals surface area contributed by atoms with Crippen LogP contribution in [0, 0.1) is 0 Å². The molecule has 0 aromatic heterocycles. The second kappa shape index (κ2) is 6.23. The van der Waals surface area contributed by atoms with Gasteiger partial charge in [-0.05, 0) is 66.5 Å². The van der Waals surface area contributed by atoms with Crippen LogP contribution < -0.4 is 10.6 Å². The average molecular weight is 353 g/mol. The molecular formula is C15H21BrN4O. The number of nitrogens with zero attached hydrogens (tertiary/aromatic N) is 3. The molecule has 5 nitrogen and oxygen atoms in total. The van der Waals surface area contributed by atoms with Gasteiger partial charge in [0.25, 0.3) is 0 Å². The van der Waals surface area contributed by atoms with Gasteiger partial charge in [0, 0.05) is 29.2 Å². The van der Waals surface area contributed by atoms with Crippen molar-refractivity contribution in [2.45, 2.75) is 25.3 Å². The van der Waals surface area contributed by atoms with Crippen molar-refractivity contribution in [3.63, 3.8) is 0 Å². The predicted molar refractivity (Wildman–Crippen MR) is 88.1 cm³/mol. The molecule has 0 saturated carbocycles. The lowest BCUT2D eigenvalue weighted by Gasteiger charge is -2.25. The maximum Gasteiger partial charge on any atom is 0.170 e. The van der Waals surface area contributed by atoms with Gasteiger partial charge in [-0.3, -0.25) is 4.90 Å². The number of anilines is 1. The maximum absolute atomic E-state index is 8.75. The Balaban J connectivity index is 1.72. The van der Waals surface area contributed by atoms with Crippen molar-refractivity contribution in [3.8, 4) is 0 Å². The lowest BCUT2D eigenvalue weighted by molar-refractivity contribution is 0.260. The summed E-state index contributed by atoms with van der Waals surface area (Å²) in [5, 5.41) is 11.8. The molecule has 0 bridgehead atoms. The first-order valence-electron chi connectivity index (χ1n) is 7.45. The summed E-state index contributed by atoms with van der Waals surface area (Å²) in [5.41, 5.74) is 7.54. The highest BCUT2D eigenvalue weighted by Crippen LogP contribution is 2.31. The first-order valence-corrected chi connectivity index (χ1v) is 8.25. The Hall–Kier alpha value is -1.27. The van der Waals surface area contributed by atoms with E-state index >= 15 is 0 Å². The van der Waals surface area contributed by atoms with Gasteiger partial charge in [0.15, 0.2) is 5.84 Å². The molecule has 0 radical (unpaired) electrons. The summed E-state index contributed by atoms with van der Waals surface area (Å²) in [7, 11) is 0. The summed E-state index contributed by atoms with van der Waals surface area (Å²) in [6.07, 6.45) is 3.91. The molecule has 1 atom stereocenters. The fourth-order valence-corrected chi connectivity index (χ4v) is 3.98. The zero-order chi connectivity index (χ0) is 14.8. The largest absolute Gasteiger partial charge is 0.409 e. The number of halogens is 1. The Kier molecular flexibility index (Phi) is 4.35. The first kappa shape index (κ1) is 14.7. The van der Waals surface area contributed by atoms with Crippen molar-refractivity contribution >= 4 is 27.5 Å². The van der Waals surface area contributed by atoms with Crippen LogP contribution in [0.25, 0.3) is 0 Å². The number of likely N-dealkylation sites (tertiary alicyclic amines) is 1. The van der Waals surface area contributed by atoms with Crippen molar-refractivity contribution in [1.29, 1.82) is 0 Å². The van der Waals surface area contributed by atoms with Crippen molar-refractivity contribution in [1.82, 2.24) is 4.90 Å². The third kappa shape index (κ3) is 3.01. The molecule has 2 saturated heterocycles. The van der Waals surface area contributed by atoms with E-state index in [2.05, 4.69) is 30.9 Å². The zero-order valence-electron chi connectivity index (χ0n) is 12.0. The van der Waals surface area contributed by atoms with E-state index in [4.69, 9.17) is 10.9 Å². The minimum Gasteiger partial charge on any atom is -0.409 e. The van der Waals surface area contributed by atoms with Gasteiger partial charge in [-0.25, -0.2) is 0 Å². The number of oxime groups is 1. The highest BCUT2D eigenvalue weighted by Gasteiger charge is 2.30. The van der Waals surface area contributed by atoms with Crippen LogP contribution in [-0.4, -0.2) is 48.2 Å². The predicted octanol–water partition coefficient (Wildman–Crippen LogP) is 2.22. The molecule has 0 amide bonds. The minimum atomic E-state index is 0.138. The molecule has 114 valence electrons. The lowest BCUT2D eigenvalue weighted by atomic mass is 10.2. The third-order valence-electron chi connectivity index (χ3n) is 4.51. The molecule has 0 spiro atoms. The Labute approximate surface area is 133 Å². The van der Waals surface area contributed by atoms with Crippen LogP contribution in [0.4, 0.5) is 5.69 Å². The molecule has 6 heteroatoms. The van der Waals surface area contributed by atoms with Crippen molar-refractivity contribution in [2.75, 3.05) is 31.1 Å². The molecule has 3 rings (SSSR count). The lowest BCUT2D eigenvalue weighted by Crippen LogP contribution is -2.35. The van der Waals surface area contributed by atoms with Crippen LogP contribution in [0.3, 0.4) is 0 Å². The standard InChI is InChI=1S/C15H21BrN4O/c16-13-9-11(15(17)18-21)3-4-14(13)20-8-5-12(10-20)19-6-1-2-7-19/h3-4,9,12,21H,1-2,5-8,10H2,(H2,17,18). The molecule has 21 heavy (non-hydrogen) atoms. The number of hydrogen-bond donors (Lipinski definition) is 2. The molecule has 0 aliphatic carbocycles. The van der Waals surface area contributed by atoms with E-state index in [0.29, 0.717) is 6.04 Å². The van der Waals surface area contributed by atoms with Crippen LogP contribution in [0.2, 0.25) is 0 Å². The van der Waals surface area contributed by atoms with Gasteiger partial charge in [-0.15, -0.1) is 0 Å². The number of rotatable bonds is 3. The highest BCUT2D eigenvalue weighted by molar-refractivity contribution is 9.10. The zero-order valence-corrected chi connectivity index (χ0v) is 13.6. The quantitative estimate of drug-likeness (QED) is 0.379. The average Bonchev–Trinajstić information content (AvgIpc) is 3.16. The summed E-state index contributed by atoms with van der Waals surface area (Å²) in [4.78, 5) is 5.04. The SMILES string of the molecule is N/C(=N/O)c1ccc(N2CCC(N3CCCC3)C2)c(Br)c1. The smallest absolute Gasteiger partial charge is 0.170 e. The van der Waals surface area contributed by atoms with Gasteiger partial charge in [-0.1, -0.05) is 5.16 Å². The number of amidine groups is 1. The number of hydrogen-bond acceptors (Lipinski definition) is 4. The van der Waals surface area contributed by atoms with Gasteiger partial charge in [0.2, 0.25) is 0 Å². The van der Waals surface area contributed by atoms with E-state index in [0.717, 1.165) is 23.1 Å². The molecule has 1 aromatic rings. The summed E-state index contributed by atoms with van der Waals surface area (Å²) in [5.74, 6) is 0.138. The van der Waals surface area contributed by atoms with E-state index in [1.807, 2.05) is 18.2 Å². The van der Waals surface area contributed by atoms with E-state index in [9.17, 15) is 0 Å². The highest BCUT2D eigenvalue weighted by atomic mass is 79.9. The van der Waals surface area contributed by atoms with E-state index in [1.165, 1.54) is 38.0 Å². The summed E-state index contributed by atoms with van der Waals surface area (Å²) in [6.45, 7) is 4.68. The fourth-order valence-electron chi connectivity index (χ4n) is 3.35. The molecule has 1 unspecified atom stereocenters. The number of benzene rings is 1. The monoisotopic (exact) mass is 352 g/mol. The molecule has 2 aliphatic rings. The van der Waals surface area contributed by atoms with Gasteiger partial charge in [-0.2, -0.15) is 0 Å². The minimum absolute atomic E-state index is 0.138. The summed E-state index contributed by atoms with van der Waals surface area (Å²) < 4.78 is 0.994. The van der Waals surface area contributed by atoms with Gasteiger partial charge >= 0.3 is 0 Å². The van der Waals surface area contributed by atoms with E-state index in [1.54, 1.807) is 0 Å². The van der Waals surface area contributed by atoms with Crippen LogP contribution in [0.1, 0.15) is 24.8 Å². The molecule has 2 heterocycles. The maximum atomic E-state index is 8.75. The Morgan fingerprint density at radius 1 is 1.29 bits per heavy atom. The number of nitrogens with two attached hydrogens (primary N) is 1. The Morgan fingerprint density at radius 3 is 2.71 bits per heavy atom. The molecule has 2 fully saturated rings. The Bertz CT molecular complexity index is 542. The van der Waals surface area contributed by atoms with Crippen molar-refractivity contribution in [2.24, 2.45) is 10.9 Å². The Morgan fingerprint density at radius 2 is 2.05 bits per heavy atom. The summed E-state index contributed by atoms with van der Waals surface area (Å²) in [6, 6.07) is 6.54. The van der Waals surface area contributed by atoms with Crippen LogP contribution >= 0.6 is 15.9 Å². The second-order valence-corrected chi connectivity index (χ2v) is 6.64. The first-order chi connectivity index (χ1) is 10.2. The van der Waals surface area contributed by atoms with Gasteiger partial charge in [0.1, 0.15) is 0 Å². The van der Waals surface area contributed by atoms with Gasteiger partial charge < -0.3 is 15.8 Å².